The predicted molar refractivity (Wildman–Crippen MR) is 307 cm³/mol. The molecule has 0 saturated carbocycles. The Morgan fingerprint density at radius 3 is 1.77 bits per heavy atom. The lowest BCUT2D eigenvalue weighted by Gasteiger charge is -2.42. The lowest BCUT2D eigenvalue weighted by atomic mass is 9.95. The number of unbranched alkanes of at least 4 members (excludes halogenated alkanes) is 1. The van der Waals surface area contributed by atoms with Gasteiger partial charge in [0.15, 0.2) is 6.23 Å². The number of ether oxygens (including phenoxy) is 1. The van der Waals surface area contributed by atoms with Crippen LogP contribution in [0, 0.1) is 17.8 Å². The number of amides is 11. The van der Waals surface area contributed by atoms with Crippen LogP contribution >= 0.6 is 0 Å². The Kier molecular flexibility index (Phi) is 32.3. The van der Waals surface area contributed by atoms with E-state index in [1.807, 2.05) is 0 Å². The van der Waals surface area contributed by atoms with E-state index in [0.717, 1.165) is 6.92 Å². The molecule has 11 amide bonds. The Hall–Kier alpha value is -7.42. The van der Waals surface area contributed by atoms with E-state index < -0.39 is 188 Å². The molecule has 1 aliphatic rings. The van der Waals surface area contributed by atoms with Gasteiger partial charge in [-0.1, -0.05) is 78.3 Å². The van der Waals surface area contributed by atoms with Crippen LogP contribution in [0.2, 0.25) is 0 Å². The third kappa shape index (κ3) is 25.3. The number of aliphatic hydroxyl groups is 4. The Bertz CT molecular complexity index is 2460. The number of rotatable bonds is 36. The van der Waals surface area contributed by atoms with Crippen molar-refractivity contribution in [2.24, 2.45) is 29.2 Å². The van der Waals surface area contributed by atoms with Crippen molar-refractivity contribution in [3.63, 3.8) is 0 Å². The number of nitrogens with one attached hydrogen (secondary N) is 11. The molecule has 31 nitrogen and oxygen atoms in total. The third-order valence-corrected chi connectivity index (χ3v) is 14.0. The lowest BCUT2D eigenvalue weighted by molar-refractivity contribution is -0.203. The molecule has 0 bridgehead atoms. The molecule has 1 heterocycles. The van der Waals surface area contributed by atoms with Crippen LogP contribution in [0.15, 0.2) is 30.3 Å². The first-order valence-electron chi connectivity index (χ1n) is 28.6. The van der Waals surface area contributed by atoms with Gasteiger partial charge in [0, 0.05) is 13.3 Å². The summed E-state index contributed by atoms with van der Waals surface area (Å²) in [7, 11) is 0. The number of aliphatic hydroxyl groups excluding tert-OH is 4. The summed E-state index contributed by atoms with van der Waals surface area (Å²) in [4.78, 5) is 160. The van der Waals surface area contributed by atoms with E-state index in [1.165, 1.54) is 13.8 Å². The first kappa shape index (κ1) is 74.7. The fourth-order valence-corrected chi connectivity index (χ4v) is 8.65. The Balaban J connectivity index is 2.44. The normalized spacial score (nSPS) is 20.0. The summed E-state index contributed by atoms with van der Waals surface area (Å²) in [5, 5.41) is 78.0. The maximum Gasteiger partial charge on any atom is 0.326 e. The third-order valence-electron chi connectivity index (χ3n) is 14.0. The Morgan fingerprint density at radius 2 is 1.21 bits per heavy atom. The summed E-state index contributed by atoms with van der Waals surface area (Å²) in [6.07, 6.45) is -8.05. The number of aliphatic carboxylic acids is 1. The van der Waals surface area contributed by atoms with Gasteiger partial charge in [0.25, 0.3) is 0 Å². The number of hydrogen-bond donors (Lipinski definition) is 18. The van der Waals surface area contributed by atoms with Gasteiger partial charge in [0.05, 0.1) is 38.3 Å². The zero-order chi connectivity index (χ0) is 65.1. The molecule has 1 aromatic rings. The zero-order valence-electron chi connectivity index (χ0n) is 50.2. The highest BCUT2D eigenvalue weighted by atomic mass is 16.5. The van der Waals surface area contributed by atoms with E-state index in [1.54, 1.807) is 71.9 Å². The summed E-state index contributed by atoms with van der Waals surface area (Å²) in [5.41, 5.74) is 12.0. The minimum atomic E-state index is -1.95. The molecule has 86 heavy (non-hydrogen) atoms. The monoisotopic (exact) mass is 1220 g/mol. The summed E-state index contributed by atoms with van der Waals surface area (Å²) >= 11 is 0. The molecular formula is C55H91N13O18. The molecule has 1 fully saturated rings. The van der Waals surface area contributed by atoms with Gasteiger partial charge >= 0.3 is 5.97 Å². The van der Waals surface area contributed by atoms with E-state index in [-0.39, 0.29) is 31.1 Å². The molecule has 1 aliphatic heterocycles. The van der Waals surface area contributed by atoms with E-state index in [9.17, 15) is 83.1 Å². The summed E-state index contributed by atoms with van der Waals surface area (Å²) in [6.45, 7) is 11.7. The minimum absolute atomic E-state index is 0.0781. The molecule has 0 spiro atoms. The second kappa shape index (κ2) is 37.2. The van der Waals surface area contributed by atoms with Gasteiger partial charge in [-0.05, 0) is 69.4 Å². The van der Waals surface area contributed by atoms with Crippen molar-refractivity contribution in [3.8, 4) is 0 Å². The molecule has 31 heteroatoms. The van der Waals surface area contributed by atoms with E-state index >= 15 is 0 Å². The van der Waals surface area contributed by atoms with Gasteiger partial charge in [-0.2, -0.15) is 0 Å². The fourth-order valence-electron chi connectivity index (χ4n) is 8.65. The van der Waals surface area contributed by atoms with Gasteiger partial charge < -0.3 is 100 Å². The summed E-state index contributed by atoms with van der Waals surface area (Å²) in [5.74, 6) is -12.5. The first-order valence-corrected chi connectivity index (χ1v) is 28.6. The summed E-state index contributed by atoms with van der Waals surface area (Å²) in [6, 6.07) is -4.82. The molecule has 0 aromatic heterocycles. The number of nitrogens with two attached hydrogens (primary N) is 2. The van der Waals surface area contributed by atoms with Gasteiger partial charge in [-0.3, -0.25) is 52.7 Å². The fraction of sp³-hybridized carbons (Fsp3) is 0.673. The van der Waals surface area contributed by atoms with Crippen molar-refractivity contribution in [1.29, 1.82) is 0 Å². The predicted octanol–water partition coefficient (Wildman–Crippen LogP) is -6.01. The van der Waals surface area contributed by atoms with Crippen LogP contribution in [0.4, 0.5) is 0 Å². The molecule has 484 valence electrons. The maximum atomic E-state index is 14.4. The number of carboxylic acids is 1. The Morgan fingerprint density at radius 1 is 0.628 bits per heavy atom. The zero-order valence-corrected chi connectivity index (χ0v) is 50.2. The molecular weight excluding hydrogens is 1130 g/mol. The van der Waals surface area contributed by atoms with Crippen LogP contribution in [-0.2, 0) is 68.7 Å². The maximum absolute atomic E-state index is 14.4. The van der Waals surface area contributed by atoms with Crippen molar-refractivity contribution in [2.75, 3.05) is 26.2 Å². The number of hydrogen-bond acceptors (Lipinski definition) is 19. The Labute approximate surface area is 499 Å². The van der Waals surface area contributed by atoms with Crippen LogP contribution < -0.4 is 70.0 Å². The topological polar surface area (TPSA) is 500 Å². The average molecular weight is 1220 g/mol. The summed E-state index contributed by atoms with van der Waals surface area (Å²) < 4.78 is 5.59. The lowest BCUT2D eigenvalue weighted by Crippen LogP contribution is -2.68. The largest absolute Gasteiger partial charge is 0.480 e. The van der Waals surface area contributed by atoms with Crippen LogP contribution in [0.1, 0.15) is 106 Å². The van der Waals surface area contributed by atoms with Crippen molar-refractivity contribution >= 4 is 70.9 Å². The van der Waals surface area contributed by atoms with Crippen molar-refractivity contribution < 1.29 is 87.8 Å². The molecule has 20 N–H and O–H groups in total. The van der Waals surface area contributed by atoms with E-state index in [4.69, 9.17) is 16.2 Å². The number of carbonyl (C=O) groups is 12. The van der Waals surface area contributed by atoms with E-state index in [0.29, 0.717) is 31.4 Å². The minimum Gasteiger partial charge on any atom is -0.480 e. The van der Waals surface area contributed by atoms with Gasteiger partial charge in [-0.25, -0.2) is 4.79 Å². The molecule has 0 radical (unpaired) electrons. The highest BCUT2D eigenvalue weighted by Crippen LogP contribution is 2.21. The first-order chi connectivity index (χ1) is 40.3. The van der Waals surface area contributed by atoms with Crippen molar-refractivity contribution in [1.82, 2.24) is 58.5 Å². The molecule has 1 unspecified atom stereocenters. The van der Waals surface area contributed by atoms with Crippen LogP contribution in [0.3, 0.4) is 0 Å². The molecule has 1 aromatic carbocycles. The number of carboxylic acid groups (broad SMARTS) is 1. The molecule has 1 saturated heterocycles. The number of benzene rings is 1. The van der Waals surface area contributed by atoms with Gasteiger partial charge in [0.2, 0.25) is 65.0 Å². The van der Waals surface area contributed by atoms with Crippen LogP contribution in [0.5, 0.6) is 0 Å². The smallest absolute Gasteiger partial charge is 0.326 e. The second-order valence-electron chi connectivity index (χ2n) is 22.1. The van der Waals surface area contributed by atoms with Crippen molar-refractivity contribution in [3.05, 3.63) is 35.9 Å². The molecule has 2 rings (SSSR count). The molecule has 15 atom stereocenters. The van der Waals surface area contributed by atoms with Gasteiger partial charge in [-0.15, -0.1) is 0 Å². The van der Waals surface area contributed by atoms with Gasteiger partial charge in [0.1, 0.15) is 66.6 Å². The highest BCUT2D eigenvalue weighted by molar-refractivity contribution is 5.99. The quantitative estimate of drug-likeness (QED) is 0.0278. The highest BCUT2D eigenvalue weighted by Gasteiger charge is 2.46. The second-order valence-corrected chi connectivity index (χ2v) is 22.1. The number of carbonyl (C=O) groups excluding carboxylic acids is 11. The SMILES string of the molecule is CC[C@H](C)[C@H](NC(=O)[C@@H](N)C(C)C)C(=O)N[C@H](C(=O)N[C@@H](C)C(=O)N[C@@H](Cc1ccccc1)C(=O)NC(CC(=O)N[C@@H]1O[C@H](CO)[C@@H](O)[C@H](O)[C@H]1NC(C)=O)C(=O)NCC(=O)NCC(=O)N[C@@H](CC(C)C)C(=O)N[C@@H](CCCCN)C(=O)O)[C@@H](C)O. The standard InChI is InChI=1S/C55H91N13O18/c1-10-28(6)42(67-51(81)41(57)27(4)5)52(82)68-43(30(8)70)53(83)60-29(7)47(77)64-35(21-32-16-12-11-13-17-32)50(80)65-36(22-38(72)66-54-44(61-31(9)71)46(76)45(75)37(25-69)86-54)48(78)59-23-39(73)58-24-40(74)62-34(20-26(2)3)49(79)63-33(55(84)85)18-14-15-19-56/h11-13,16-17,26-30,33-37,41-46,54,69-70,75-76H,10,14-15,18-25,56-57H2,1-9H3,(H,58,73)(H,59,78)(H,60,83)(H,61,71)(H,62,74)(H,63,79)(H,64,77)(H,65,80)(H,66,72)(H,67,81)(H,68,82)(H,84,85)/t28-,29-,30+,33-,34-,35-,36?,37+,41-,42-,43-,44+,45+,46+,54+/m0/s1. The van der Waals surface area contributed by atoms with E-state index in [2.05, 4.69) is 58.5 Å². The van der Waals surface area contributed by atoms with Crippen molar-refractivity contribution in [2.45, 2.75) is 192 Å². The van der Waals surface area contributed by atoms with Crippen LogP contribution in [-0.4, -0.2) is 208 Å². The average Bonchev–Trinajstić information content (AvgIpc) is 3.44. The molecule has 0 aliphatic carbocycles. The van der Waals surface area contributed by atoms with Crippen LogP contribution in [0.25, 0.3) is 0 Å².